The Balaban J connectivity index is 1.80. The number of benzene rings is 1. The van der Waals surface area contributed by atoms with Crippen molar-refractivity contribution in [3.05, 3.63) is 47.0 Å². The molecule has 0 fully saturated rings. The zero-order valence-electron chi connectivity index (χ0n) is 10.6. The van der Waals surface area contributed by atoms with Crippen molar-refractivity contribution in [3.63, 3.8) is 0 Å². The van der Waals surface area contributed by atoms with E-state index < -0.39 is 0 Å². The van der Waals surface area contributed by atoms with Gasteiger partial charge in [0.1, 0.15) is 0 Å². The van der Waals surface area contributed by atoms with Crippen molar-refractivity contribution in [2.24, 2.45) is 0 Å². The quantitative estimate of drug-likeness (QED) is 0.724. The average Bonchev–Trinajstić information content (AvgIpc) is 2.35. The third-order valence-electron chi connectivity index (χ3n) is 3.01. The van der Waals surface area contributed by atoms with Crippen LogP contribution in [0, 0.1) is 0 Å². The van der Waals surface area contributed by atoms with Gasteiger partial charge in [0, 0.05) is 5.57 Å². The lowest BCUT2D eigenvalue weighted by Crippen LogP contribution is -2.19. The lowest BCUT2D eigenvalue weighted by molar-refractivity contribution is -0.139. The van der Waals surface area contributed by atoms with Crippen LogP contribution < -0.4 is 0 Å². The summed E-state index contributed by atoms with van der Waals surface area (Å²) in [6.45, 7) is 3.37. The summed E-state index contributed by atoms with van der Waals surface area (Å²) < 4.78 is 10.6. The summed E-state index contributed by atoms with van der Waals surface area (Å²) >= 11 is 0. The normalized spacial score (nSPS) is 14.3. The molecule has 0 saturated heterocycles. The van der Waals surface area contributed by atoms with E-state index in [0.717, 1.165) is 29.6 Å². The summed E-state index contributed by atoms with van der Waals surface area (Å²) in [7, 11) is 0. The molecule has 0 spiro atoms. The van der Waals surface area contributed by atoms with Gasteiger partial charge in [-0.1, -0.05) is 30.3 Å². The van der Waals surface area contributed by atoms with Crippen LogP contribution >= 0.6 is 0 Å². The summed E-state index contributed by atoms with van der Waals surface area (Å²) in [4.78, 5) is 11.5. The topological polar surface area (TPSA) is 35.5 Å². The van der Waals surface area contributed by atoms with E-state index in [1.807, 2.05) is 37.3 Å². The van der Waals surface area contributed by atoms with E-state index in [-0.39, 0.29) is 5.97 Å². The fraction of sp³-hybridized carbons (Fsp3) is 0.400. The zero-order valence-corrected chi connectivity index (χ0v) is 10.6. The molecule has 1 aliphatic rings. The standard InChI is InChI=1S/C15H18O3/c1-2-18-15(16)14-9-8-13(14)11-17-10-12-6-4-3-5-7-12/h3-7H,2,8-11H2,1H3. The van der Waals surface area contributed by atoms with Gasteiger partial charge in [-0.25, -0.2) is 4.79 Å². The second kappa shape index (κ2) is 6.36. The van der Waals surface area contributed by atoms with Crippen molar-refractivity contribution < 1.29 is 14.3 Å². The first-order chi connectivity index (χ1) is 8.81. The molecule has 96 valence electrons. The fourth-order valence-corrected chi connectivity index (χ4v) is 1.92. The molecule has 0 heterocycles. The lowest BCUT2D eigenvalue weighted by atomic mass is 9.89. The molecular weight excluding hydrogens is 228 g/mol. The maximum absolute atomic E-state index is 11.5. The second-order valence-corrected chi connectivity index (χ2v) is 4.28. The van der Waals surface area contributed by atoms with Crippen molar-refractivity contribution in [1.82, 2.24) is 0 Å². The Morgan fingerprint density at radius 3 is 2.56 bits per heavy atom. The van der Waals surface area contributed by atoms with E-state index in [1.54, 1.807) is 0 Å². The van der Waals surface area contributed by atoms with Crippen LogP contribution in [0.4, 0.5) is 0 Å². The number of rotatable bonds is 6. The molecule has 1 aliphatic carbocycles. The van der Waals surface area contributed by atoms with Gasteiger partial charge in [-0.3, -0.25) is 0 Å². The lowest BCUT2D eigenvalue weighted by Gasteiger charge is -2.22. The first-order valence-electron chi connectivity index (χ1n) is 6.31. The monoisotopic (exact) mass is 246 g/mol. The molecule has 1 aromatic rings. The van der Waals surface area contributed by atoms with E-state index in [4.69, 9.17) is 9.47 Å². The highest BCUT2D eigenvalue weighted by Crippen LogP contribution is 2.29. The van der Waals surface area contributed by atoms with Gasteiger partial charge in [0.25, 0.3) is 0 Å². The predicted octanol–water partition coefficient (Wildman–Crippen LogP) is 2.86. The number of carbonyl (C=O) groups excluding carboxylic acids is 1. The Kier molecular flexibility index (Phi) is 4.53. The molecule has 2 rings (SSSR count). The van der Waals surface area contributed by atoms with Crippen molar-refractivity contribution in [1.29, 1.82) is 0 Å². The van der Waals surface area contributed by atoms with Crippen LogP contribution in [0.5, 0.6) is 0 Å². The molecule has 3 heteroatoms. The van der Waals surface area contributed by atoms with Crippen LogP contribution in [-0.2, 0) is 20.9 Å². The predicted molar refractivity (Wildman–Crippen MR) is 69.0 cm³/mol. The summed E-state index contributed by atoms with van der Waals surface area (Å²) in [5, 5.41) is 0. The van der Waals surface area contributed by atoms with E-state index in [9.17, 15) is 4.79 Å². The molecule has 18 heavy (non-hydrogen) atoms. The van der Waals surface area contributed by atoms with Crippen LogP contribution in [0.3, 0.4) is 0 Å². The van der Waals surface area contributed by atoms with Crippen LogP contribution in [0.2, 0.25) is 0 Å². The summed E-state index contributed by atoms with van der Waals surface area (Å²) in [6, 6.07) is 10.0. The minimum absolute atomic E-state index is 0.179. The van der Waals surface area contributed by atoms with Gasteiger partial charge >= 0.3 is 5.97 Å². The van der Waals surface area contributed by atoms with Crippen LogP contribution in [0.25, 0.3) is 0 Å². The van der Waals surface area contributed by atoms with Gasteiger partial charge in [-0.2, -0.15) is 0 Å². The van der Waals surface area contributed by atoms with E-state index in [2.05, 4.69) is 0 Å². The summed E-state index contributed by atoms with van der Waals surface area (Å²) in [5.41, 5.74) is 3.05. The van der Waals surface area contributed by atoms with Crippen molar-refractivity contribution in [2.45, 2.75) is 26.4 Å². The van der Waals surface area contributed by atoms with E-state index in [0.29, 0.717) is 19.8 Å². The maximum Gasteiger partial charge on any atom is 0.334 e. The number of hydrogen-bond acceptors (Lipinski definition) is 3. The Labute approximate surface area is 107 Å². The maximum atomic E-state index is 11.5. The molecular formula is C15H18O3. The average molecular weight is 246 g/mol. The molecule has 0 atom stereocenters. The Bertz CT molecular complexity index is 434. The number of carbonyl (C=O) groups is 1. The second-order valence-electron chi connectivity index (χ2n) is 4.28. The van der Waals surface area contributed by atoms with Gasteiger partial charge in [0.2, 0.25) is 0 Å². The molecule has 0 N–H and O–H groups in total. The van der Waals surface area contributed by atoms with Crippen LogP contribution in [0.15, 0.2) is 41.5 Å². The van der Waals surface area contributed by atoms with Crippen LogP contribution in [0.1, 0.15) is 25.3 Å². The molecule has 0 bridgehead atoms. The SMILES string of the molecule is CCOC(=O)C1=C(COCc2ccccc2)CC1. The number of ether oxygens (including phenoxy) is 2. The van der Waals surface area contributed by atoms with Crippen LogP contribution in [-0.4, -0.2) is 19.2 Å². The Hall–Kier alpha value is -1.61. The zero-order chi connectivity index (χ0) is 12.8. The van der Waals surface area contributed by atoms with E-state index >= 15 is 0 Å². The van der Waals surface area contributed by atoms with Gasteiger partial charge < -0.3 is 9.47 Å². The molecule has 0 amide bonds. The fourth-order valence-electron chi connectivity index (χ4n) is 1.92. The molecule has 0 aliphatic heterocycles. The summed E-state index contributed by atoms with van der Waals surface area (Å²) in [6.07, 6.45) is 1.77. The highest BCUT2D eigenvalue weighted by molar-refractivity contribution is 5.91. The third-order valence-corrected chi connectivity index (χ3v) is 3.01. The van der Waals surface area contributed by atoms with Crippen molar-refractivity contribution >= 4 is 5.97 Å². The third kappa shape index (κ3) is 3.20. The molecule has 0 unspecified atom stereocenters. The first kappa shape index (κ1) is 12.8. The van der Waals surface area contributed by atoms with Gasteiger partial charge in [-0.15, -0.1) is 0 Å². The minimum atomic E-state index is -0.179. The Morgan fingerprint density at radius 1 is 1.17 bits per heavy atom. The largest absolute Gasteiger partial charge is 0.463 e. The highest BCUT2D eigenvalue weighted by Gasteiger charge is 2.24. The van der Waals surface area contributed by atoms with Gasteiger partial charge in [0.05, 0.1) is 19.8 Å². The molecule has 1 aromatic carbocycles. The molecule has 3 nitrogen and oxygen atoms in total. The number of hydrogen-bond donors (Lipinski definition) is 0. The minimum Gasteiger partial charge on any atom is -0.463 e. The Morgan fingerprint density at radius 2 is 1.94 bits per heavy atom. The molecule has 0 aromatic heterocycles. The molecule has 0 saturated carbocycles. The van der Waals surface area contributed by atoms with Gasteiger partial charge in [0.15, 0.2) is 0 Å². The summed E-state index contributed by atoms with van der Waals surface area (Å²) in [5.74, 6) is -0.179. The van der Waals surface area contributed by atoms with Gasteiger partial charge in [-0.05, 0) is 30.9 Å². The van der Waals surface area contributed by atoms with Crippen molar-refractivity contribution in [3.8, 4) is 0 Å². The highest BCUT2D eigenvalue weighted by atomic mass is 16.5. The first-order valence-corrected chi connectivity index (χ1v) is 6.31. The smallest absolute Gasteiger partial charge is 0.334 e. The molecule has 0 radical (unpaired) electrons. The van der Waals surface area contributed by atoms with E-state index in [1.165, 1.54) is 0 Å². The number of esters is 1. The van der Waals surface area contributed by atoms with Crippen molar-refractivity contribution in [2.75, 3.05) is 13.2 Å².